The van der Waals surface area contributed by atoms with Gasteiger partial charge in [-0.3, -0.25) is 9.59 Å². The highest BCUT2D eigenvalue weighted by Gasteiger charge is 2.17. The van der Waals surface area contributed by atoms with E-state index in [4.69, 9.17) is 11.6 Å². The number of aryl methyl sites for hydroxylation is 2. The summed E-state index contributed by atoms with van der Waals surface area (Å²) in [7, 11) is 0. The first-order chi connectivity index (χ1) is 13.4. The largest absolute Gasteiger partial charge is 0.356 e. The molecule has 0 aromatic heterocycles. The average Bonchev–Trinajstić information content (AvgIpc) is 2.67. The van der Waals surface area contributed by atoms with Gasteiger partial charge >= 0.3 is 11.8 Å². The van der Waals surface area contributed by atoms with Crippen LogP contribution >= 0.6 is 11.6 Å². The van der Waals surface area contributed by atoms with E-state index in [0.717, 1.165) is 22.5 Å². The number of carbonyl (C=O) groups excluding carboxylic acids is 2. The predicted molar refractivity (Wildman–Crippen MR) is 114 cm³/mol. The van der Waals surface area contributed by atoms with Crippen LogP contribution in [0.15, 0.2) is 66.7 Å². The highest BCUT2D eigenvalue weighted by atomic mass is 35.5. The van der Waals surface area contributed by atoms with Gasteiger partial charge in [0.2, 0.25) is 0 Å². The number of nitrogens with one attached hydrogen (secondary N) is 3. The van der Waals surface area contributed by atoms with Gasteiger partial charge in [-0.25, -0.2) is 0 Å². The Labute approximate surface area is 168 Å². The monoisotopic (exact) mass is 393 g/mol. The summed E-state index contributed by atoms with van der Waals surface area (Å²) in [5.74, 6) is -1.54. The smallest absolute Gasteiger partial charge is 0.314 e. The molecule has 0 spiro atoms. The highest BCUT2D eigenvalue weighted by molar-refractivity contribution is 6.45. The molecule has 6 heteroatoms. The van der Waals surface area contributed by atoms with Gasteiger partial charge in [-0.15, -0.1) is 0 Å². The van der Waals surface area contributed by atoms with Crippen molar-refractivity contribution in [2.75, 3.05) is 16.0 Å². The zero-order valence-electron chi connectivity index (χ0n) is 15.5. The zero-order chi connectivity index (χ0) is 20.1. The van der Waals surface area contributed by atoms with Gasteiger partial charge in [-0.1, -0.05) is 35.9 Å². The summed E-state index contributed by atoms with van der Waals surface area (Å²) in [5, 5.41) is 8.80. The van der Waals surface area contributed by atoms with Gasteiger partial charge in [0.25, 0.3) is 0 Å². The molecule has 0 fully saturated rings. The molecule has 3 N–H and O–H groups in total. The van der Waals surface area contributed by atoms with Crippen LogP contribution in [0.5, 0.6) is 0 Å². The van der Waals surface area contributed by atoms with E-state index in [1.54, 1.807) is 18.2 Å². The van der Waals surface area contributed by atoms with Crippen LogP contribution in [0.2, 0.25) is 5.02 Å². The van der Waals surface area contributed by atoms with Crippen molar-refractivity contribution >= 4 is 46.2 Å². The number of hydrogen-bond donors (Lipinski definition) is 3. The minimum absolute atomic E-state index is 0.398. The second-order valence-corrected chi connectivity index (χ2v) is 6.82. The Morgan fingerprint density at radius 3 is 1.96 bits per heavy atom. The predicted octanol–water partition coefficient (Wildman–Crippen LogP) is 5.28. The van der Waals surface area contributed by atoms with Crippen LogP contribution in [0.3, 0.4) is 0 Å². The summed E-state index contributed by atoms with van der Waals surface area (Å²) in [5.41, 5.74) is 4.57. The molecule has 0 saturated heterocycles. The maximum atomic E-state index is 12.2. The number of carbonyl (C=O) groups is 2. The van der Waals surface area contributed by atoms with E-state index in [2.05, 4.69) is 16.0 Å². The third-order valence-electron chi connectivity index (χ3n) is 4.08. The minimum Gasteiger partial charge on any atom is -0.356 e. The SMILES string of the molecule is Cc1cc(C)c(NC(=O)C(=O)Nc2ccc(Nc3ccccc3)cc2)c(Cl)c1. The van der Waals surface area contributed by atoms with E-state index in [0.29, 0.717) is 16.4 Å². The van der Waals surface area contributed by atoms with Crippen molar-refractivity contribution in [2.24, 2.45) is 0 Å². The molecule has 0 unspecified atom stereocenters. The van der Waals surface area contributed by atoms with Gasteiger partial charge in [-0.05, 0) is 67.4 Å². The molecule has 0 saturated carbocycles. The molecule has 3 aromatic carbocycles. The van der Waals surface area contributed by atoms with E-state index in [1.165, 1.54) is 0 Å². The molecule has 3 rings (SSSR count). The molecule has 0 aliphatic rings. The van der Waals surface area contributed by atoms with Crippen LogP contribution < -0.4 is 16.0 Å². The molecule has 0 bridgehead atoms. The van der Waals surface area contributed by atoms with Crippen LogP contribution in [0.1, 0.15) is 11.1 Å². The molecule has 2 amide bonds. The lowest BCUT2D eigenvalue weighted by Gasteiger charge is -2.12. The Balaban J connectivity index is 1.62. The molecule has 5 nitrogen and oxygen atoms in total. The van der Waals surface area contributed by atoms with E-state index >= 15 is 0 Å². The summed E-state index contributed by atoms with van der Waals surface area (Å²) in [4.78, 5) is 24.4. The van der Waals surface area contributed by atoms with E-state index in [9.17, 15) is 9.59 Å². The lowest BCUT2D eigenvalue weighted by atomic mass is 10.1. The molecule has 0 radical (unpaired) electrons. The van der Waals surface area contributed by atoms with Crippen LogP contribution in [0.25, 0.3) is 0 Å². The summed E-state index contributed by atoms with van der Waals surface area (Å²) < 4.78 is 0. The van der Waals surface area contributed by atoms with Crippen LogP contribution in [0.4, 0.5) is 22.7 Å². The molecule has 0 aliphatic heterocycles. The molecular formula is C22H20ClN3O2. The van der Waals surface area contributed by atoms with Gasteiger partial charge < -0.3 is 16.0 Å². The van der Waals surface area contributed by atoms with Crippen molar-refractivity contribution in [1.29, 1.82) is 0 Å². The molecule has 3 aromatic rings. The lowest BCUT2D eigenvalue weighted by Crippen LogP contribution is -2.29. The maximum Gasteiger partial charge on any atom is 0.314 e. The number of para-hydroxylation sites is 1. The van der Waals surface area contributed by atoms with Crippen LogP contribution in [-0.4, -0.2) is 11.8 Å². The second kappa shape index (κ2) is 8.59. The van der Waals surface area contributed by atoms with Crippen molar-refractivity contribution in [3.05, 3.63) is 82.9 Å². The van der Waals surface area contributed by atoms with Crippen molar-refractivity contribution in [3.63, 3.8) is 0 Å². The Bertz CT molecular complexity index is 979. The molecule has 0 aliphatic carbocycles. The molecular weight excluding hydrogens is 374 g/mol. The Morgan fingerprint density at radius 1 is 0.750 bits per heavy atom. The maximum absolute atomic E-state index is 12.2. The first-order valence-electron chi connectivity index (χ1n) is 8.73. The Kier molecular flexibility index (Phi) is 5.96. The third-order valence-corrected chi connectivity index (χ3v) is 4.38. The second-order valence-electron chi connectivity index (χ2n) is 6.42. The quantitative estimate of drug-likeness (QED) is 0.528. The normalized spacial score (nSPS) is 10.2. The zero-order valence-corrected chi connectivity index (χ0v) is 16.3. The Hall–Kier alpha value is -3.31. The summed E-state index contributed by atoms with van der Waals surface area (Å²) in [6.45, 7) is 3.73. The van der Waals surface area contributed by atoms with Crippen molar-refractivity contribution in [2.45, 2.75) is 13.8 Å². The first kappa shape index (κ1) is 19.5. The van der Waals surface area contributed by atoms with Crippen LogP contribution in [0, 0.1) is 13.8 Å². The summed E-state index contributed by atoms with van der Waals surface area (Å²) in [6.07, 6.45) is 0. The third kappa shape index (κ3) is 4.90. The lowest BCUT2D eigenvalue weighted by molar-refractivity contribution is -0.133. The van der Waals surface area contributed by atoms with E-state index in [-0.39, 0.29) is 0 Å². The van der Waals surface area contributed by atoms with Gasteiger partial charge in [-0.2, -0.15) is 0 Å². The first-order valence-corrected chi connectivity index (χ1v) is 9.11. The van der Waals surface area contributed by atoms with Crippen molar-refractivity contribution < 1.29 is 9.59 Å². The fourth-order valence-corrected chi connectivity index (χ4v) is 3.13. The van der Waals surface area contributed by atoms with Crippen molar-refractivity contribution in [3.8, 4) is 0 Å². The van der Waals surface area contributed by atoms with Crippen molar-refractivity contribution in [1.82, 2.24) is 0 Å². The highest BCUT2D eigenvalue weighted by Crippen LogP contribution is 2.27. The van der Waals surface area contributed by atoms with Gasteiger partial charge in [0, 0.05) is 17.1 Å². The number of hydrogen-bond acceptors (Lipinski definition) is 3. The Morgan fingerprint density at radius 2 is 1.32 bits per heavy atom. The fourth-order valence-electron chi connectivity index (χ4n) is 2.76. The topological polar surface area (TPSA) is 70.2 Å². The number of benzene rings is 3. The summed E-state index contributed by atoms with van der Waals surface area (Å²) >= 11 is 6.17. The molecule has 0 heterocycles. The number of halogens is 1. The molecule has 142 valence electrons. The number of anilines is 4. The van der Waals surface area contributed by atoms with E-state index in [1.807, 2.05) is 62.4 Å². The molecule has 28 heavy (non-hydrogen) atoms. The van der Waals surface area contributed by atoms with Gasteiger partial charge in [0.15, 0.2) is 0 Å². The average molecular weight is 394 g/mol. The number of amides is 2. The standard InChI is InChI=1S/C22H20ClN3O2/c1-14-12-15(2)20(19(23)13-14)26-22(28)21(27)25-18-10-8-17(9-11-18)24-16-6-4-3-5-7-16/h3-13,24H,1-2H3,(H,25,27)(H,26,28). The van der Waals surface area contributed by atoms with Gasteiger partial charge in [0.1, 0.15) is 0 Å². The minimum atomic E-state index is -0.777. The van der Waals surface area contributed by atoms with E-state index < -0.39 is 11.8 Å². The fraction of sp³-hybridized carbons (Fsp3) is 0.0909. The molecule has 0 atom stereocenters. The summed E-state index contributed by atoms with van der Waals surface area (Å²) in [6, 6.07) is 20.5. The van der Waals surface area contributed by atoms with Crippen LogP contribution in [-0.2, 0) is 9.59 Å². The number of rotatable bonds is 4. The van der Waals surface area contributed by atoms with Gasteiger partial charge in [0.05, 0.1) is 10.7 Å².